The van der Waals surface area contributed by atoms with Crippen LogP contribution in [0, 0.1) is 5.92 Å². The molecule has 0 aromatic heterocycles. The molecule has 6 heteroatoms. The molecule has 0 saturated heterocycles. The number of hydrogen-bond acceptors (Lipinski definition) is 3. The maximum atomic E-state index is 10.5. The molecule has 0 aliphatic carbocycles. The number of aliphatic carboxylic acids is 2. The van der Waals surface area contributed by atoms with Crippen LogP contribution < -0.4 is 0 Å². The van der Waals surface area contributed by atoms with Gasteiger partial charge in [-0.15, -0.1) is 0 Å². The molecule has 0 saturated carbocycles. The highest BCUT2D eigenvalue weighted by Crippen LogP contribution is 2.35. The number of hydrogen-bond donors (Lipinski definition) is 3. The van der Waals surface area contributed by atoms with Crippen LogP contribution >= 0.6 is 8.15 Å². The van der Waals surface area contributed by atoms with E-state index in [1.54, 1.807) is 0 Å². The second-order valence-electron chi connectivity index (χ2n) is 3.83. The van der Waals surface area contributed by atoms with Crippen LogP contribution in [0.1, 0.15) is 32.6 Å². The van der Waals surface area contributed by atoms with Crippen molar-refractivity contribution in [1.82, 2.24) is 0 Å². The third-order valence-electron chi connectivity index (χ3n) is 2.17. The molecule has 0 spiro atoms. The molecule has 0 amide bonds. The first kappa shape index (κ1) is 15.3. The number of carbonyl (C=O) groups is 2. The molecule has 0 aliphatic heterocycles. The zero-order valence-electron chi connectivity index (χ0n) is 9.43. The lowest BCUT2D eigenvalue weighted by molar-refractivity contribution is -0.140. The summed E-state index contributed by atoms with van der Waals surface area (Å²) in [6.45, 7) is 2.01. The highest BCUT2D eigenvalue weighted by Gasteiger charge is 2.20. The van der Waals surface area contributed by atoms with Gasteiger partial charge in [-0.3, -0.25) is 9.59 Å². The Labute approximate surface area is 96.3 Å². The van der Waals surface area contributed by atoms with Crippen molar-refractivity contribution in [3.63, 3.8) is 0 Å². The topological polar surface area (TPSA) is 94.8 Å². The average Bonchev–Trinajstić information content (AvgIpc) is 2.12. The molecule has 0 fully saturated rings. The van der Waals surface area contributed by atoms with Crippen LogP contribution in [0.15, 0.2) is 0 Å². The second-order valence-corrected chi connectivity index (χ2v) is 5.65. The van der Waals surface area contributed by atoms with Gasteiger partial charge in [0.15, 0.2) is 0 Å². The smallest absolute Gasteiger partial charge is 0.303 e. The minimum Gasteiger partial charge on any atom is -0.481 e. The van der Waals surface area contributed by atoms with Crippen molar-refractivity contribution >= 4 is 20.1 Å². The van der Waals surface area contributed by atoms with E-state index in [4.69, 9.17) is 10.2 Å². The standard InChI is InChI=1S/C10H19O5P/c1-2-3-4-16(15)7-8(5-9(11)12)6-10(13)14/h8,15H,2-7H2,1H3,(H,11,12)(H,13,14). The van der Waals surface area contributed by atoms with Crippen molar-refractivity contribution in [1.29, 1.82) is 0 Å². The van der Waals surface area contributed by atoms with E-state index in [9.17, 15) is 14.5 Å². The molecule has 0 rings (SSSR count). The fourth-order valence-corrected chi connectivity index (χ4v) is 3.14. The maximum Gasteiger partial charge on any atom is 0.303 e. The molecule has 1 unspecified atom stereocenters. The predicted molar refractivity (Wildman–Crippen MR) is 61.8 cm³/mol. The van der Waals surface area contributed by atoms with Crippen molar-refractivity contribution in [2.45, 2.75) is 32.6 Å². The Balaban J connectivity index is 4.07. The van der Waals surface area contributed by atoms with Crippen LogP contribution in [0.4, 0.5) is 0 Å². The van der Waals surface area contributed by atoms with E-state index in [0.29, 0.717) is 12.3 Å². The third-order valence-corrected chi connectivity index (χ3v) is 3.94. The van der Waals surface area contributed by atoms with Gasteiger partial charge >= 0.3 is 11.9 Å². The summed E-state index contributed by atoms with van der Waals surface area (Å²) in [4.78, 5) is 30.7. The lowest BCUT2D eigenvalue weighted by atomic mass is 10.0. The summed E-state index contributed by atoms with van der Waals surface area (Å²) < 4.78 is 0. The van der Waals surface area contributed by atoms with Gasteiger partial charge in [0.1, 0.15) is 0 Å². The zero-order chi connectivity index (χ0) is 12.6. The highest BCUT2D eigenvalue weighted by atomic mass is 31.1. The van der Waals surface area contributed by atoms with Crippen LogP contribution in [-0.4, -0.2) is 39.4 Å². The Morgan fingerprint density at radius 2 is 1.69 bits per heavy atom. The molecule has 94 valence electrons. The molecule has 0 bridgehead atoms. The zero-order valence-corrected chi connectivity index (χ0v) is 10.3. The number of rotatable bonds is 9. The predicted octanol–water partition coefficient (Wildman–Crippen LogP) is 1.74. The van der Waals surface area contributed by atoms with Gasteiger partial charge in [0, 0.05) is 21.0 Å². The SMILES string of the molecule is CCCCP(O)CC(CC(=O)O)CC(=O)O. The number of carboxylic acid groups (broad SMARTS) is 2. The van der Waals surface area contributed by atoms with Gasteiger partial charge in [-0.2, -0.15) is 0 Å². The van der Waals surface area contributed by atoms with Gasteiger partial charge in [0.25, 0.3) is 0 Å². The second kappa shape index (κ2) is 8.48. The molecule has 0 radical (unpaired) electrons. The Kier molecular flexibility index (Phi) is 8.12. The van der Waals surface area contributed by atoms with Gasteiger partial charge < -0.3 is 15.1 Å². The molecule has 0 aromatic carbocycles. The monoisotopic (exact) mass is 250 g/mol. The Morgan fingerprint density at radius 1 is 1.19 bits per heavy atom. The summed E-state index contributed by atoms with van der Waals surface area (Å²) in [5.41, 5.74) is 0. The minimum atomic E-state index is -1.21. The van der Waals surface area contributed by atoms with Crippen molar-refractivity contribution < 1.29 is 24.7 Å². The van der Waals surface area contributed by atoms with E-state index in [1.807, 2.05) is 6.92 Å². The molecular formula is C10H19O5P. The van der Waals surface area contributed by atoms with Crippen LogP contribution in [0.2, 0.25) is 0 Å². The summed E-state index contributed by atoms with van der Waals surface area (Å²) >= 11 is 0. The highest BCUT2D eigenvalue weighted by molar-refractivity contribution is 7.51. The molecule has 16 heavy (non-hydrogen) atoms. The Hall–Kier alpha value is -0.670. The normalized spacial score (nSPS) is 12.7. The lowest BCUT2D eigenvalue weighted by Gasteiger charge is -2.16. The molecule has 0 aromatic rings. The van der Waals surface area contributed by atoms with Crippen LogP contribution in [0.25, 0.3) is 0 Å². The van der Waals surface area contributed by atoms with Crippen molar-refractivity contribution in [2.75, 3.05) is 12.3 Å². The molecule has 0 aliphatic rings. The van der Waals surface area contributed by atoms with Gasteiger partial charge in [0.2, 0.25) is 0 Å². The van der Waals surface area contributed by atoms with E-state index < -0.39 is 26.0 Å². The first-order valence-corrected chi connectivity index (χ1v) is 6.99. The quantitative estimate of drug-likeness (QED) is 0.542. The van der Waals surface area contributed by atoms with E-state index in [-0.39, 0.29) is 12.8 Å². The number of carboxylic acids is 2. The van der Waals surface area contributed by atoms with Crippen LogP contribution in [0.5, 0.6) is 0 Å². The van der Waals surface area contributed by atoms with Crippen molar-refractivity contribution in [3.05, 3.63) is 0 Å². The summed E-state index contributed by atoms with van der Waals surface area (Å²) in [6, 6.07) is 0. The fraction of sp³-hybridized carbons (Fsp3) is 0.800. The first-order chi connectivity index (χ1) is 7.45. The Bertz CT molecular complexity index is 215. The minimum absolute atomic E-state index is 0.183. The third kappa shape index (κ3) is 8.62. The summed E-state index contributed by atoms with van der Waals surface area (Å²) in [5.74, 6) is -2.47. The van der Waals surface area contributed by atoms with Crippen LogP contribution in [0.3, 0.4) is 0 Å². The van der Waals surface area contributed by atoms with Gasteiger partial charge in [-0.25, -0.2) is 0 Å². The first-order valence-electron chi connectivity index (χ1n) is 5.33. The van der Waals surface area contributed by atoms with E-state index in [1.165, 1.54) is 0 Å². The number of unbranched alkanes of at least 4 members (excludes halogenated alkanes) is 1. The molecular weight excluding hydrogens is 231 g/mol. The van der Waals surface area contributed by atoms with E-state index in [0.717, 1.165) is 12.8 Å². The van der Waals surface area contributed by atoms with E-state index in [2.05, 4.69) is 0 Å². The Morgan fingerprint density at radius 3 is 2.06 bits per heavy atom. The fourth-order valence-electron chi connectivity index (χ4n) is 1.43. The summed E-state index contributed by atoms with van der Waals surface area (Å²) in [5, 5.41) is 17.2. The average molecular weight is 250 g/mol. The summed E-state index contributed by atoms with van der Waals surface area (Å²) in [6.07, 6.45) is 2.49. The van der Waals surface area contributed by atoms with E-state index >= 15 is 0 Å². The van der Waals surface area contributed by atoms with Crippen molar-refractivity contribution in [2.24, 2.45) is 5.92 Å². The van der Waals surface area contributed by atoms with Gasteiger partial charge in [0.05, 0.1) is 0 Å². The van der Waals surface area contributed by atoms with Crippen LogP contribution in [-0.2, 0) is 9.59 Å². The van der Waals surface area contributed by atoms with Crippen molar-refractivity contribution in [3.8, 4) is 0 Å². The molecule has 1 atom stereocenters. The molecule has 0 heterocycles. The molecule has 3 N–H and O–H groups in total. The largest absolute Gasteiger partial charge is 0.481 e. The summed E-state index contributed by atoms with van der Waals surface area (Å²) in [7, 11) is -1.21. The van der Waals surface area contributed by atoms with Gasteiger partial charge in [-0.1, -0.05) is 13.3 Å². The van der Waals surface area contributed by atoms with Gasteiger partial charge in [-0.05, 0) is 24.7 Å². The lowest BCUT2D eigenvalue weighted by Crippen LogP contribution is -2.16. The molecule has 5 nitrogen and oxygen atoms in total. The maximum absolute atomic E-state index is 10.5.